The standard InChI is InChI=1S/C18H17NO3/c20-10-18-16(21)9-17(22-18)13-6-5-12-7-11-3-1-2-4-14(11)19-15(12)8-13/h1-8,16-18,20-21H,9-10H2/t16?,17?,18-/m1/s1. The predicted molar refractivity (Wildman–Crippen MR) is 84.6 cm³/mol. The first-order valence-corrected chi connectivity index (χ1v) is 7.48. The van der Waals surface area contributed by atoms with E-state index in [1.54, 1.807) is 0 Å². The van der Waals surface area contributed by atoms with Crippen LogP contribution in [-0.4, -0.2) is 34.0 Å². The summed E-state index contributed by atoms with van der Waals surface area (Å²) < 4.78 is 5.72. The summed E-state index contributed by atoms with van der Waals surface area (Å²) in [5.74, 6) is 0. The van der Waals surface area contributed by atoms with Gasteiger partial charge in [0.2, 0.25) is 0 Å². The molecule has 3 aromatic rings. The Kier molecular flexibility index (Phi) is 3.30. The highest BCUT2D eigenvalue weighted by molar-refractivity contribution is 5.92. The molecule has 1 aromatic heterocycles. The summed E-state index contributed by atoms with van der Waals surface area (Å²) >= 11 is 0. The van der Waals surface area contributed by atoms with Crippen molar-refractivity contribution in [1.29, 1.82) is 0 Å². The minimum absolute atomic E-state index is 0.159. The summed E-state index contributed by atoms with van der Waals surface area (Å²) in [6.07, 6.45) is -0.796. The van der Waals surface area contributed by atoms with Crippen molar-refractivity contribution in [3.8, 4) is 0 Å². The summed E-state index contributed by atoms with van der Waals surface area (Å²) in [6.45, 7) is -0.159. The van der Waals surface area contributed by atoms with Gasteiger partial charge in [-0.2, -0.15) is 0 Å². The van der Waals surface area contributed by atoms with Crippen molar-refractivity contribution >= 4 is 21.8 Å². The fraction of sp³-hybridized carbons (Fsp3) is 0.278. The number of aliphatic hydroxyl groups is 2. The fourth-order valence-electron chi connectivity index (χ4n) is 3.10. The molecule has 2 unspecified atom stereocenters. The molecule has 3 atom stereocenters. The first kappa shape index (κ1) is 13.6. The van der Waals surface area contributed by atoms with E-state index in [4.69, 9.17) is 9.72 Å². The van der Waals surface area contributed by atoms with Crippen molar-refractivity contribution in [2.24, 2.45) is 0 Å². The van der Waals surface area contributed by atoms with Crippen LogP contribution in [0.25, 0.3) is 21.8 Å². The normalized spacial score (nSPS) is 25.1. The van der Waals surface area contributed by atoms with Gasteiger partial charge in [-0.1, -0.05) is 30.3 Å². The molecule has 0 aliphatic carbocycles. The third-order valence-electron chi connectivity index (χ3n) is 4.32. The molecule has 2 aromatic carbocycles. The molecule has 0 spiro atoms. The van der Waals surface area contributed by atoms with Crippen LogP contribution in [0.3, 0.4) is 0 Å². The number of nitrogens with zero attached hydrogens (tertiary/aromatic N) is 1. The zero-order chi connectivity index (χ0) is 15.1. The zero-order valence-corrected chi connectivity index (χ0v) is 12.0. The number of pyridine rings is 1. The number of fused-ring (bicyclic) bond motifs is 2. The molecule has 1 aliphatic rings. The molecule has 1 aliphatic heterocycles. The molecule has 22 heavy (non-hydrogen) atoms. The quantitative estimate of drug-likeness (QED) is 0.713. The lowest BCUT2D eigenvalue weighted by atomic mass is 10.0. The minimum Gasteiger partial charge on any atom is -0.394 e. The van der Waals surface area contributed by atoms with Gasteiger partial charge in [0.05, 0.1) is 29.8 Å². The van der Waals surface area contributed by atoms with Crippen LogP contribution < -0.4 is 0 Å². The molecule has 2 heterocycles. The number of aromatic nitrogens is 1. The topological polar surface area (TPSA) is 62.6 Å². The van der Waals surface area contributed by atoms with Gasteiger partial charge in [0, 0.05) is 17.2 Å². The van der Waals surface area contributed by atoms with Crippen LogP contribution in [-0.2, 0) is 4.74 Å². The van der Waals surface area contributed by atoms with Gasteiger partial charge in [-0.25, -0.2) is 4.98 Å². The van der Waals surface area contributed by atoms with Crippen LogP contribution in [0.15, 0.2) is 48.5 Å². The summed E-state index contributed by atoms with van der Waals surface area (Å²) in [6, 6.07) is 16.2. The molecule has 4 heteroatoms. The van der Waals surface area contributed by atoms with Crippen molar-refractivity contribution in [2.45, 2.75) is 24.7 Å². The van der Waals surface area contributed by atoms with Crippen LogP contribution in [0.2, 0.25) is 0 Å². The van der Waals surface area contributed by atoms with E-state index in [0.717, 1.165) is 27.4 Å². The third kappa shape index (κ3) is 2.25. The number of benzene rings is 2. The molecular weight excluding hydrogens is 278 g/mol. The predicted octanol–water partition coefficient (Wildman–Crippen LogP) is 2.57. The Labute approximate surface area is 128 Å². The largest absolute Gasteiger partial charge is 0.394 e. The first-order valence-electron chi connectivity index (χ1n) is 7.48. The number of hydrogen-bond acceptors (Lipinski definition) is 4. The van der Waals surface area contributed by atoms with Crippen LogP contribution in [0.4, 0.5) is 0 Å². The van der Waals surface area contributed by atoms with Gasteiger partial charge in [-0.05, 0) is 23.8 Å². The number of aliphatic hydroxyl groups excluding tert-OH is 2. The molecule has 1 saturated heterocycles. The second-order valence-electron chi connectivity index (χ2n) is 5.78. The van der Waals surface area contributed by atoms with Crippen molar-refractivity contribution in [1.82, 2.24) is 4.98 Å². The van der Waals surface area contributed by atoms with Gasteiger partial charge in [-0.15, -0.1) is 0 Å². The van der Waals surface area contributed by atoms with E-state index in [2.05, 4.69) is 12.1 Å². The highest BCUT2D eigenvalue weighted by atomic mass is 16.5. The van der Waals surface area contributed by atoms with Crippen molar-refractivity contribution in [3.63, 3.8) is 0 Å². The number of para-hydroxylation sites is 1. The second kappa shape index (κ2) is 5.32. The van der Waals surface area contributed by atoms with Gasteiger partial charge in [0.25, 0.3) is 0 Å². The van der Waals surface area contributed by atoms with Gasteiger partial charge < -0.3 is 14.9 Å². The lowest BCUT2D eigenvalue weighted by Gasteiger charge is -2.13. The summed E-state index contributed by atoms with van der Waals surface area (Å²) in [5.41, 5.74) is 2.87. The summed E-state index contributed by atoms with van der Waals surface area (Å²) in [4.78, 5) is 4.70. The van der Waals surface area contributed by atoms with Gasteiger partial charge in [0.1, 0.15) is 6.10 Å². The van der Waals surface area contributed by atoms with Crippen molar-refractivity contribution < 1.29 is 14.9 Å². The number of hydrogen-bond donors (Lipinski definition) is 2. The van der Waals surface area contributed by atoms with Gasteiger partial charge >= 0.3 is 0 Å². The second-order valence-corrected chi connectivity index (χ2v) is 5.78. The fourth-order valence-corrected chi connectivity index (χ4v) is 3.10. The molecule has 112 valence electrons. The van der Waals surface area contributed by atoms with E-state index in [1.807, 2.05) is 36.4 Å². The molecule has 0 saturated carbocycles. The highest BCUT2D eigenvalue weighted by Gasteiger charge is 2.34. The Bertz CT molecular complexity index is 833. The lowest BCUT2D eigenvalue weighted by Crippen LogP contribution is -2.24. The molecule has 4 nitrogen and oxygen atoms in total. The maximum Gasteiger partial charge on any atom is 0.107 e. The van der Waals surface area contributed by atoms with Gasteiger partial charge in [0.15, 0.2) is 0 Å². The van der Waals surface area contributed by atoms with Gasteiger partial charge in [-0.3, -0.25) is 0 Å². The molecule has 4 rings (SSSR count). The molecular formula is C18H17NO3. The van der Waals surface area contributed by atoms with Crippen LogP contribution in [0, 0.1) is 0 Å². The zero-order valence-electron chi connectivity index (χ0n) is 12.0. The van der Waals surface area contributed by atoms with Crippen molar-refractivity contribution in [2.75, 3.05) is 6.61 Å². The summed E-state index contributed by atoms with van der Waals surface area (Å²) in [7, 11) is 0. The molecule has 1 fully saturated rings. The van der Waals surface area contributed by atoms with E-state index < -0.39 is 12.2 Å². The average Bonchev–Trinajstić information content (AvgIpc) is 2.93. The van der Waals surface area contributed by atoms with E-state index in [9.17, 15) is 10.2 Å². The Hall–Kier alpha value is -2.01. The highest BCUT2D eigenvalue weighted by Crippen LogP contribution is 2.34. The smallest absolute Gasteiger partial charge is 0.107 e. The first-order chi connectivity index (χ1) is 10.7. The number of rotatable bonds is 2. The van der Waals surface area contributed by atoms with Crippen LogP contribution in [0.1, 0.15) is 18.1 Å². The maximum absolute atomic E-state index is 9.87. The van der Waals surface area contributed by atoms with E-state index in [1.165, 1.54) is 0 Å². The van der Waals surface area contributed by atoms with E-state index in [-0.39, 0.29) is 12.7 Å². The van der Waals surface area contributed by atoms with E-state index in [0.29, 0.717) is 6.42 Å². The number of ether oxygens (including phenoxy) is 1. The minimum atomic E-state index is -0.616. The average molecular weight is 295 g/mol. The summed E-state index contributed by atoms with van der Waals surface area (Å²) in [5, 5.41) is 21.3. The molecule has 0 radical (unpaired) electrons. The Morgan fingerprint density at radius 2 is 1.86 bits per heavy atom. The van der Waals surface area contributed by atoms with Crippen LogP contribution >= 0.6 is 0 Å². The Morgan fingerprint density at radius 3 is 2.68 bits per heavy atom. The Balaban J connectivity index is 1.75. The van der Waals surface area contributed by atoms with Crippen molar-refractivity contribution in [3.05, 3.63) is 54.1 Å². The molecule has 0 amide bonds. The maximum atomic E-state index is 9.87. The monoisotopic (exact) mass is 295 g/mol. The third-order valence-corrected chi connectivity index (χ3v) is 4.32. The lowest BCUT2D eigenvalue weighted by molar-refractivity contribution is -0.0225. The van der Waals surface area contributed by atoms with Crippen LogP contribution in [0.5, 0.6) is 0 Å². The molecule has 2 N–H and O–H groups in total. The SMILES string of the molecule is OC[C@H]1OC(c2ccc3cc4ccccc4nc3c2)CC1O. The molecule has 0 bridgehead atoms. The Morgan fingerprint density at radius 1 is 1.05 bits per heavy atom. The van der Waals surface area contributed by atoms with E-state index >= 15 is 0 Å².